The van der Waals surface area contributed by atoms with Crippen LogP contribution in [-0.4, -0.2) is 19.9 Å². The van der Waals surface area contributed by atoms with Crippen molar-refractivity contribution in [2.45, 2.75) is 13.3 Å². The largest absolute Gasteiger partial charge is 0.266 e. The monoisotopic (exact) mass is 376 g/mol. The van der Waals surface area contributed by atoms with Crippen LogP contribution >= 0.6 is 0 Å². The van der Waals surface area contributed by atoms with Crippen LogP contribution in [0.15, 0.2) is 72.4 Å². The molecule has 2 aromatic carbocycles. The number of benzene rings is 2. The quantitative estimate of drug-likeness (QED) is 0.677. The van der Waals surface area contributed by atoms with E-state index in [1.807, 2.05) is 55.5 Å². The van der Waals surface area contributed by atoms with Gasteiger partial charge in [0.1, 0.15) is 0 Å². The van der Waals surface area contributed by atoms with Crippen molar-refractivity contribution in [3.05, 3.63) is 89.1 Å². The normalized spacial score (nSPS) is 13.9. The highest BCUT2D eigenvalue weighted by molar-refractivity contribution is 7.95. The zero-order chi connectivity index (χ0) is 18.9. The summed E-state index contributed by atoms with van der Waals surface area (Å²) in [4.78, 5) is 4.04. The van der Waals surface area contributed by atoms with Crippen molar-refractivity contribution in [3.63, 3.8) is 0 Å². The molecule has 3 aromatic rings. The summed E-state index contributed by atoms with van der Waals surface area (Å²) in [5.74, 6) is 0. The number of hydrogen-bond acceptors (Lipinski definition) is 3. The molecule has 0 fully saturated rings. The van der Waals surface area contributed by atoms with Gasteiger partial charge in [-0.1, -0.05) is 35.9 Å². The van der Waals surface area contributed by atoms with Gasteiger partial charge in [-0.25, -0.2) is 8.42 Å². The smallest absolute Gasteiger partial charge is 0.257 e. The molecule has 2 heterocycles. The van der Waals surface area contributed by atoms with Crippen molar-refractivity contribution < 1.29 is 8.42 Å². The molecule has 0 unspecified atom stereocenters. The Bertz CT molecular complexity index is 1090. The minimum atomic E-state index is -3.52. The minimum absolute atomic E-state index is 0.468. The molecule has 4 rings (SSSR count). The van der Waals surface area contributed by atoms with Crippen LogP contribution < -0.4 is 4.31 Å². The summed E-state index contributed by atoms with van der Waals surface area (Å²) in [5, 5.41) is 1.30. The number of fused-ring (bicyclic) bond motifs is 1. The Kier molecular flexibility index (Phi) is 4.54. The van der Waals surface area contributed by atoms with Gasteiger partial charge in [-0.3, -0.25) is 9.29 Å². The molecular formula is C22H20N2O2S. The second-order valence-electron chi connectivity index (χ2n) is 6.66. The topological polar surface area (TPSA) is 50.3 Å². The van der Waals surface area contributed by atoms with Crippen molar-refractivity contribution in [3.8, 4) is 11.1 Å². The number of sulfonamides is 1. The van der Waals surface area contributed by atoms with Crippen molar-refractivity contribution in [2.24, 2.45) is 0 Å². The first-order valence-corrected chi connectivity index (χ1v) is 10.3. The van der Waals surface area contributed by atoms with Gasteiger partial charge < -0.3 is 0 Å². The molecule has 136 valence electrons. The predicted molar refractivity (Wildman–Crippen MR) is 110 cm³/mol. The molecule has 0 spiro atoms. The van der Waals surface area contributed by atoms with Crippen molar-refractivity contribution >= 4 is 21.8 Å². The van der Waals surface area contributed by atoms with Crippen LogP contribution in [0.4, 0.5) is 5.69 Å². The molecule has 0 atom stereocenters. The Hall–Kier alpha value is -2.92. The third-order valence-corrected chi connectivity index (χ3v) is 6.24. The second-order valence-corrected chi connectivity index (χ2v) is 8.40. The lowest BCUT2D eigenvalue weighted by Crippen LogP contribution is -2.26. The molecule has 0 saturated carbocycles. The van der Waals surface area contributed by atoms with E-state index in [1.165, 1.54) is 9.71 Å². The molecule has 0 amide bonds. The van der Waals surface area contributed by atoms with E-state index in [1.54, 1.807) is 18.5 Å². The number of rotatable bonds is 4. The molecule has 0 saturated heterocycles. The molecule has 0 N–H and O–H groups in total. The van der Waals surface area contributed by atoms with Crippen molar-refractivity contribution in [1.29, 1.82) is 0 Å². The molecule has 1 aliphatic rings. The fourth-order valence-electron chi connectivity index (χ4n) is 3.28. The standard InChI is InChI=1S/C22H20N2O2S/c1-17-2-4-18(5-3-17)11-15-27(25,26)24-14-10-21-16-20(6-7-22(21)24)19-8-12-23-13-9-19/h2-9,11-13,15-16H,10,14H2,1H3/b15-11+. The molecule has 1 aromatic heterocycles. The molecular weight excluding hydrogens is 356 g/mol. The highest BCUT2D eigenvalue weighted by Gasteiger charge is 2.27. The third kappa shape index (κ3) is 3.64. The molecule has 5 heteroatoms. The van der Waals surface area contributed by atoms with Crippen LogP contribution in [0.25, 0.3) is 17.2 Å². The first kappa shape index (κ1) is 17.5. The maximum absolute atomic E-state index is 12.8. The average Bonchev–Trinajstić information content (AvgIpc) is 3.12. The Labute approximate surface area is 159 Å². The van der Waals surface area contributed by atoms with E-state index in [9.17, 15) is 8.42 Å². The highest BCUT2D eigenvalue weighted by atomic mass is 32.2. The number of hydrogen-bond donors (Lipinski definition) is 0. The van der Waals surface area contributed by atoms with Gasteiger partial charge in [0.25, 0.3) is 10.0 Å². The summed E-state index contributed by atoms with van der Waals surface area (Å²) in [6, 6.07) is 17.6. The van der Waals surface area contributed by atoms with Crippen molar-refractivity contribution in [1.82, 2.24) is 4.98 Å². The van der Waals surface area contributed by atoms with E-state index in [0.717, 1.165) is 33.5 Å². The summed E-state index contributed by atoms with van der Waals surface area (Å²) in [5.41, 5.74) is 5.99. The summed E-state index contributed by atoms with van der Waals surface area (Å²) >= 11 is 0. The van der Waals surface area contributed by atoms with Gasteiger partial charge in [-0.2, -0.15) is 0 Å². The minimum Gasteiger partial charge on any atom is -0.266 e. The molecule has 0 bridgehead atoms. The Balaban J connectivity index is 1.60. The summed E-state index contributed by atoms with van der Waals surface area (Å²) < 4.78 is 27.1. The van der Waals surface area contributed by atoms with Crippen LogP contribution in [0, 0.1) is 6.92 Å². The fraction of sp³-hybridized carbons (Fsp3) is 0.136. The molecule has 0 aliphatic carbocycles. The van der Waals surface area contributed by atoms with E-state index in [4.69, 9.17) is 0 Å². The van der Waals surface area contributed by atoms with Gasteiger partial charge in [-0.15, -0.1) is 0 Å². The average molecular weight is 376 g/mol. The van der Waals surface area contributed by atoms with Crippen LogP contribution in [0.5, 0.6) is 0 Å². The first-order chi connectivity index (χ1) is 13.0. The Morgan fingerprint density at radius 3 is 2.44 bits per heavy atom. The van der Waals surface area contributed by atoms with Gasteiger partial charge in [0.2, 0.25) is 0 Å². The first-order valence-electron chi connectivity index (χ1n) is 8.84. The number of anilines is 1. The van der Waals surface area contributed by atoms with E-state index < -0.39 is 10.0 Å². The highest BCUT2D eigenvalue weighted by Crippen LogP contribution is 2.34. The predicted octanol–water partition coefficient (Wildman–Crippen LogP) is 4.42. The third-order valence-electron chi connectivity index (χ3n) is 4.76. The Morgan fingerprint density at radius 2 is 1.70 bits per heavy atom. The molecule has 1 aliphatic heterocycles. The van der Waals surface area contributed by atoms with Crippen LogP contribution in [0.3, 0.4) is 0 Å². The lowest BCUT2D eigenvalue weighted by molar-refractivity contribution is 0.601. The zero-order valence-corrected chi connectivity index (χ0v) is 15.9. The van der Waals surface area contributed by atoms with E-state index in [2.05, 4.69) is 11.1 Å². The lowest BCUT2D eigenvalue weighted by Gasteiger charge is -2.17. The van der Waals surface area contributed by atoms with Crippen LogP contribution in [0.1, 0.15) is 16.7 Å². The molecule has 4 nitrogen and oxygen atoms in total. The van der Waals surface area contributed by atoms with E-state index in [-0.39, 0.29) is 0 Å². The van der Waals surface area contributed by atoms with Gasteiger partial charge >= 0.3 is 0 Å². The lowest BCUT2D eigenvalue weighted by atomic mass is 10.0. The van der Waals surface area contributed by atoms with E-state index >= 15 is 0 Å². The second kappa shape index (κ2) is 7.00. The molecule has 0 radical (unpaired) electrons. The van der Waals surface area contributed by atoms with Gasteiger partial charge in [0, 0.05) is 18.9 Å². The van der Waals surface area contributed by atoms with Crippen molar-refractivity contribution in [2.75, 3.05) is 10.8 Å². The summed E-state index contributed by atoms with van der Waals surface area (Å²) in [7, 11) is -3.52. The number of nitrogens with zero attached hydrogens (tertiary/aromatic N) is 2. The fourth-order valence-corrected chi connectivity index (χ4v) is 4.55. The summed E-state index contributed by atoms with van der Waals surface area (Å²) in [6.07, 6.45) is 5.88. The summed E-state index contributed by atoms with van der Waals surface area (Å²) in [6.45, 7) is 2.47. The zero-order valence-electron chi connectivity index (χ0n) is 15.0. The van der Waals surface area contributed by atoms with Gasteiger partial charge in [-0.05, 0) is 65.9 Å². The molecule has 27 heavy (non-hydrogen) atoms. The SMILES string of the molecule is Cc1ccc(/C=C/S(=O)(=O)N2CCc3cc(-c4ccncc4)ccc32)cc1. The van der Waals surface area contributed by atoms with E-state index in [0.29, 0.717) is 13.0 Å². The van der Waals surface area contributed by atoms with Gasteiger partial charge in [0.05, 0.1) is 11.1 Å². The maximum atomic E-state index is 12.8. The van der Waals surface area contributed by atoms with Crippen LogP contribution in [0.2, 0.25) is 0 Å². The maximum Gasteiger partial charge on any atom is 0.257 e. The number of aromatic nitrogens is 1. The van der Waals surface area contributed by atoms with Crippen LogP contribution in [-0.2, 0) is 16.4 Å². The van der Waals surface area contributed by atoms with Gasteiger partial charge in [0.15, 0.2) is 0 Å². The number of pyridine rings is 1. The Morgan fingerprint density at radius 1 is 0.963 bits per heavy atom. The number of aryl methyl sites for hydroxylation is 1.